The van der Waals surface area contributed by atoms with Crippen molar-refractivity contribution >= 4 is 27.5 Å². The molecule has 39 heavy (non-hydrogen) atoms. The van der Waals surface area contributed by atoms with Crippen LogP contribution in [0.1, 0.15) is 36.1 Å². The van der Waals surface area contributed by atoms with Crippen molar-refractivity contribution in [1.82, 2.24) is 10.2 Å². The Hall–Kier alpha value is -3.85. The average molecular weight is 552 g/mol. The van der Waals surface area contributed by atoms with Crippen LogP contribution in [0.15, 0.2) is 71.6 Å². The number of aryl methyl sites for hydroxylation is 2. The summed E-state index contributed by atoms with van der Waals surface area (Å²) >= 11 is 0. The van der Waals surface area contributed by atoms with Crippen molar-refractivity contribution in [3.05, 3.63) is 89.0 Å². The van der Waals surface area contributed by atoms with Crippen LogP contribution in [0.2, 0.25) is 0 Å². The van der Waals surface area contributed by atoms with Gasteiger partial charge in [-0.05, 0) is 81.6 Å². The Bertz CT molecular complexity index is 1420. The number of rotatable bonds is 11. The lowest BCUT2D eigenvalue weighted by Gasteiger charge is -2.32. The van der Waals surface area contributed by atoms with E-state index in [2.05, 4.69) is 5.32 Å². The summed E-state index contributed by atoms with van der Waals surface area (Å²) in [4.78, 5) is 28.3. The molecule has 0 radical (unpaired) electrons. The molecule has 208 valence electrons. The fourth-order valence-electron chi connectivity index (χ4n) is 4.23. The van der Waals surface area contributed by atoms with Crippen molar-refractivity contribution in [2.75, 3.05) is 24.5 Å². The minimum absolute atomic E-state index is 0.0814. The van der Waals surface area contributed by atoms with Gasteiger partial charge in [0, 0.05) is 13.1 Å². The molecule has 0 fully saturated rings. The van der Waals surface area contributed by atoms with E-state index >= 15 is 0 Å². The zero-order valence-electron chi connectivity index (χ0n) is 23.4. The number of anilines is 1. The SMILES string of the molecule is CCNC(=O)C(C)N(Cc1cccc(OC)c1)C(=O)CN(c1cccc(C)c1C)S(=O)(=O)c1ccc(C)cc1. The second kappa shape index (κ2) is 12.8. The summed E-state index contributed by atoms with van der Waals surface area (Å²) in [6.45, 7) is 9.06. The maximum atomic E-state index is 14.0. The van der Waals surface area contributed by atoms with Gasteiger partial charge in [-0.15, -0.1) is 0 Å². The van der Waals surface area contributed by atoms with Gasteiger partial charge >= 0.3 is 0 Å². The Balaban J connectivity index is 2.08. The highest BCUT2D eigenvalue weighted by atomic mass is 32.2. The summed E-state index contributed by atoms with van der Waals surface area (Å²) in [5, 5.41) is 2.76. The number of sulfonamides is 1. The van der Waals surface area contributed by atoms with Crippen LogP contribution in [0.5, 0.6) is 5.75 Å². The van der Waals surface area contributed by atoms with E-state index in [0.717, 1.165) is 26.6 Å². The molecule has 1 unspecified atom stereocenters. The van der Waals surface area contributed by atoms with E-state index in [1.54, 1.807) is 75.6 Å². The summed E-state index contributed by atoms with van der Waals surface area (Å²) in [7, 11) is -2.56. The van der Waals surface area contributed by atoms with Gasteiger partial charge in [0.1, 0.15) is 18.3 Å². The van der Waals surface area contributed by atoms with E-state index in [0.29, 0.717) is 18.0 Å². The lowest BCUT2D eigenvalue weighted by molar-refractivity contribution is -0.139. The number of hydrogen-bond donors (Lipinski definition) is 1. The third kappa shape index (κ3) is 6.97. The summed E-state index contributed by atoms with van der Waals surface area (Å²) in [5.41, 5.74) is 3.73. The van der Waals surface area contributed by atoms with E-state index in [-0.39, 0.29) is 17.3 Å². The zero-order valence-corrected chi connectivity index (χ0v) is 24.2. The van der Waals surface area contributed by atoms with Crippen molar-refractivity contribution in [1.29, 1.82) is 0 Å². The smallest absolute Gasteiger partial charge is 0.264 e. The number of benzene rings is 3. The molecule has 8 nitrogen and oxygen atoms in total. The highest BCUT2D eigenvalue weighted by Crippen LogP contribution is 2.29. The van der Waals surface area contributed by atoms with Crippen LogP contribution in [0.3, 0.4) is 0 Å². The molecule has 0 saturated carbocycles. The van der Waals surface area contributed by atoms with Crippen molar-refractivity contribution in [2.24, 2.45) is 0 Å². The average Bonchev–Trinajstić information content (AvgIpc) is 2.92. The van der Waals surface area contributed by atoms with Crippen molar-refractivity contribution < 1.29 is 22.7 Å². The van der Waals surface area contributed by atoms with E-state index < -0.39 is 28.5 Å². The van der Waals surface area contributed by atoms with Gasteiger partial charge in [-0.25, -0.2) is 8.42 Å². The second-order valence-electron chi connectivity index (χ2n) is 9.49. The normalized spacial score (nSPS) is 11.9. The Morgan fingerprint density at radius 3 is 2.28 bits per heavy atom. The molecule has 0 aliphatic rings. The Morgan fingerprint density at radius 2 is 1.64 bits per heavy atom. The van der Waals surface area contributed by atoms with E-state index in [1.807, 2.05) is 32.9 Å². The van der Waals surface area contributed by atoms with Gasteiger partial charge in [0.15, 0.2) is 0 Å². The Kier molecular flexibility index (Phi) is 9.75. The number of carbonyl (C=O) groups excluding carboxylic acids is 2. The lowest BCUT2D eigenvalue weighted by atomic mass is 10.1. The number of likely N-dealkylation sites (N-methyl/N-ethyl adjacent to an activating group) is 1. The first-order valence-electron chi connectivity index (χ1n) is 12.8. The fourth-order valence-corrected chi connectivity index (χ4v) is 5.70. The molecule has 1 atom stereocenters. The van der Waals surface area contributed by atoms with E-state index in [4.69, 9.17) is 4.74 Å². The largest absolute Gasteiger partial charge is 0.497 e. The zero-order chi connectivity index (χ0) is 28.7. The van der Waals surface area contributed by atoms with Crippen LogP contribution >= 0.6 is 0 Å². The van der Waals surface area contributed by atoms with Crippen LogP contribution in [0.25, 0.3) is 0 Å². The van der Waals surface area contributed by atoms with E-state index in [9.17, 15) is 18.0 Å². The second-order valence-corrected chi connectivity index (χ2v) is 11.3. The predicted octanol–water partition coefficient (Wildman–Crippen LogP) is 4.37. The van der Waals surface area contributed by atoms with Crippen LogP contribution in [0, 0.1) is 20.8 Å². The summed E-state index contributed by atoms with van der Waals surface area (Å²) in [6.07, 6.45) is 0. The first kappa shape index (κ1) is 29.7. The third-order valence-corrected chi connectivity index (χ3v) is 8.51. The summed E-state index contributed by atoms with van der Waals surface area (Å²) in [5.74, 6) is -0.217. The monoisotopic (exact) mass is 551 g/mol. The van der Waals surface area contributed by atoms with Gasteiger partial charge in [-0.2, -0.15) is 0 Å². The number of hydrogen-bond acceptors (Lipinski definition) is 5. The molecular formula is C30H37N3O5S. The maximum Gasteiger partial charge on any atom is 0.264 e. The van der Waals surface area contributed by atoms with Crippen LogP contribution in [-0.4, -0.2) is 51.4 Å². The van der Waals surface area contributed by atoms with Gasteiger partial charge in [-0.3, -0.25) is 13.9 Å². The number of nitrogens with zero attached hydrogens (tertiary/aromatic N) is 2. The minimum Gasteiger partial charge on any atom is -0.497 e. The van der Waals surface area contributed by atoms with Crippen LogP contribution in [-0.2, 0) is 26.2 Å². The summed E-state index contributed by atoms with van der Waals surface area (Å²) in [6, 6.07) is 18.3. The number of carbonyl (C=O) groups is 2. The molecule has 0 saturated heterocycles. The molecule has 3 aromatic rings. The molecule has 0 aromatic heterocycles. The molecule has 1 N–H and O–H groups in total. The number of methoxy groups -OCH3 is 1. The first-order chi connectivity index (χ1) is 18.5. The molecule has 0 bridgehead atoms. The van der Waals surface area contributed by atoms with Gasteiger partial charge in [0.25, 0.3) is 10.0 Å². The highest BCUT2D eigenvalue weighted by molar-refractivity contribution is 7.92. The molecule has 0 aliphatic carbocycles. The Labute approximate surface area is 231 Å². The molecule has 9 heteroatoms. The summed E-state index contributed by atoms with van der Waals surface area (Å²) < 4.78 is 34.4. The van der Waals surface area contributed by atoms with E-state index in [1.165, 1.54) is 4.90 Å². The maximum absolute atomic E-state index is 14.0. The van der Waals surface area contributed by atoms with Crippen molar-refractivity contribution in [3.8, 4) is 5.75 Å². The molecule has 3 aromatic carbocycles. The standard InChI is InChI=1S/C30H37N3O5S/c1-7-31-30(35)24(5)32(19-25-11-9-12-26(18-25)38-6)29(34)20-33(28-13-8-10-22(3)23(28)4)39(36,37)27-16-14-21(2)15-17-27/h8-18,24H,7,19-20H2,1-6H3,(H,31,35). The number of nitrogens with one attached hydrogen (secondary N) is 1. The quantitative estimate of drug-likeness (QED) is 0.382. The molecule has 2 amide bonds. The van der Waals surface area contributed by atoms with Gasteiger partial charge in [0.2, 0.25) is 11.8 Å². The highest BCUT2D eigenvalue weighted by Gasteiger charge is 2.33. The van der Waals surface area contributed by atoms with Crippen molar-refractivity contribution in [2.45, 2.75) is 52.1 Å². The van der Waals surface area contributed by atoms with Gasteiger partial charge in [-0.1, -0.05) is 42.0 Å². The van der Waals surface area contributed by atoms with Crippen molar-refractivity contribution in [3.63, 3.8) is 0 Å². The molecule has 3 rings (SSSR count). The molecule has 0 aliphatic heterocycles. The number of ether oxygens (including phenoxy) is 1. The van der Waals surface area contributed by atoms with Crippen LogP contribution < -0.4 is 14.4 Å². The van der Waals surface area contributed by atoms with Crippen LogP contribution in [0.4, 0.5) is 5.69 Å². The number of amides is 2. The van der Waals surface area contributed by atoms with Gasteiger partial charge < -0.3 is 15.0 Å². The minimum atomic E-state index is -4.11. The van der Waals surface area contributed by atoms with Gasteiger partial charge in [0.05, 0.1) is 17.7 Å². The fraction of sp³-hybridized carbons (Fsp3) is 0.333. The molecule has 0 spiro atoms. The first-order valence-corrected chi connectivity index (χ1v) is 14.3. The molecule has 0 heterocycles. The predicted molar refractivity (Wildman–Crippen MR) is 153 cm³/mol. The Morgan fingerprint density at radius 1 is 0.974 bits per heavy atom. The third-order valence-electron chi connectivity index (χ3n) is 6.74. The topological polar surface area (TPSA) is 96.0 Å². The lowest BCUT2D eigenvalue weighted by Crippen LogP contribution is -2.51. The molecular weight excluding hydrogens is 514 g/mol.